The molecule has 0 N–H and O–H groups in total. The van der Waals surface area contributed by atoms with Gasteiger partial charge in [0.2, 0.25) is 0 Å². The summed E-state index contributed by atoms with van der Waals surface area (Å²) >= 11 is 0. The molecule has 0 aromatic heterocycles. The first-order chi connectivity index (χ1) is 10.3. The highest BCUT2D eigenvalue weighted by Gasteiger charge is 2.14. The van der Waals surface area contributed by atoms with E-state index in [1.165, 1.54) is 5.56 Å². The molecule has 1 aliphatic rings. The molecule has 21 heavy (non-hydrogen) atoms. The first-order valence-corrected chi connectivity index (χ1v) is 7.12. The monoisotopic (exact) mass is 282 g/mol. The van der Waals surface area contributed by atoms with Gasteiger partial charge in [0.1, 0.15) is 5.75 Å². The summed E-state index contributed by atoms with van der Waals surface area (Å²) in [5.41, 5.74) is 4.27. The largest absolute Gasteiger partial charge is 0.497 e. The van der Waals surface area contributed by atoms with E-state index in [9.17, 15) is 4.79 Å². The van der Waals surface area contributed by atoms with Crippen molar-refractivity contribution < 1.29 is 14.3 Å². The first kappa shape index (κ1) is 13.8. The average Bonchev–Trinajstić information content (AvgIpc) is 3.00. The number of carbonyl (C=O) groups is 1. The summed E-state index contributed by atoms with van der Waals surface area (Å²) in [5.74, 6) is 1.02. The fourth-order valence-corrected chi connectivity index (χ4v) is 2.54. The summed E-state index contributed by atoms with van der Waals surface area (Å²) in [6.45, 7) is 1.28. The second kappa shape index (κ2) is 6.10. The van der Waals surface area contributed by atoms with Gasteiger partial charge in [0.15, 0.2) is 5.78 Å². The number of Topliss-reactive ketones (excluding diaryl/α,β-unsaturated/α-hetero) is 1. The fourth-order valence-electron chi connectivity index (χ4n) is 2.54. The number of ether oxygens (including phenoxy) is 2. The molecule has 0 amide bonds. The van der Waals surface area contributed by atoms with Gasteiger partial charge in [-0.15, -0.1) is 0 Å². The summed E-state index contributed by atoms with van der Waals surface area (Å²) in [4.78, 5) is 12.3. The highest BCUT2D eigenvalue weighted by Crippen LogP contribution is 2.22. The van der Waals surface area contributed by atoms with E-state index in [0.717, 1.165) is 28.9 Å². The Kier molecular flexibility index (Phi) is 4.02. The van der Waals surface area contributed by atoms with Crippen molar-refractivity contribution in [3.63, 3.8) is 0 Å². The van der Waals surface area contributed by atoms with Crippen LogP contribution in [0.2, 0.25) is 0 Å². The Morgan fingerprint density at radius 1 is 1.10 bits per heavy atom. The minimum atomic E-state index is 0.181. The molecule has 0 saturated carbocycles. The Morgan fingerprint density at radius 3 is 2.62 bits per heavy atom. The van der Waals surface area contributed by atoms with E-state index in [0.29, 0.717) is 19.6 Å². The van der Waals surface area contributed by atoms with Crippen LogP contribution in [0.25, 0.3) is 0 Å². The van der Waals surface area contributed by atoms with Gasteiger partial charge < -0.3 is 9.47 Å². The van der Waals surface area contributed by atoms with Gasteiger partial charge in [0.05, 0.1) is 20.3 Å². The lowest BCUT2D eigenvalue weighted by atomic mass is 9.99. The SMILES string of the molecule is COc1ccc(CCC(=O)c2ccc3c(c2)COC3)cc1. The van der Waals surface area contributed by atoms with Crippen LogP contribution < -0.4 is 4.74 Å². The molecule has 1 heterocycles. The maximum Gasteiger partial charge on any atom is 0.163 e. The molecule has 3 rings (SSSR count). The molecule has 108 valence electrons. The van der Waals surface area contributed by atoms with Crippen molar-refractivity contribution in [1.82, 2.24) is 0 Å². The fraction of sp³-hybridized carbons (Fsp3) is 0.278. The van der Waals surface area contributed by atoms with Crippen LogP contribution in [0, 0.1) is 0 Å². The summed E-state index contributed by atoms with van der Waals surface area (Å²) in [5, 5.41) is 0. The molecular formula is C18H18O3. The molecule has 0 spiro atoms. The van der Waals surface area contributed by atoms with Crippen LogP contribution >= 0.6 is 0 Å². The van der Waals surface area contributed by atoms with Gasteiger partial charge in [-0.25, -0.2) is 0 Å². The van der Waals surface area contributed by atoms with Crippen LogP contribution in [0.4, 0.5) is 0 Å². The van der Waals surface area contributed by atoms with Crippen molar-refractivity contribution in [3.05, 3.63) is 64.7 Å². The predicted octanol–water partition coefficient (Wildman–Crippen LogP) is 3.54. The molecule has 1 aliphatic heterocycles. The number of fused-ring (bicyclic) bond motifs is 1. The number of hydrogen-bond acceptors (Lipinski definition) is 3. The number of benzene rings is 2. The Balaban J connectivity index is 1.63. The standard InChI is InChI=1S/C18H18O3/c1-20-17-7-2-13(3-8-17)4-9-18(19)14-5-6-15-11-21-12-16(15)10-14/h2-3,5-8,10H,4,9,11-12H2,1H3. The smallest absolute Gasteiger partial charge is 0.163 e. The Morgan fingerprint density at radius 2 is 1.86 bits per heavy atom. The molecule has 3 nitrogen and oxygen atoms in total. The summed E-state index contributed by atoms with van der Waals surface area (Å²) in [7, 11) is 1.65. The van der Waals surface area contributed by atoms with Crippen LogP contribution in [-0.4, -0.2) is 12.9 Å². The third-order valence-corrected chi connectivity index (χ3v) is 3.84. The Bertz CT molecular complexity index is 644. The zero-order valence-corrected chi connectivity index (χ0v) is 12.1. The van der Waals surface area contributed by atoms with E-state index in [-0.39, 0.29) is 5.78 Å². The highest BCUT2D eigenvalue weighted by molar-refractivity contribution is 5.96. The minimum absolute atomic E-state index is 0.181. The third kappa shape index (κ3) is 3.14. The molecule has 0 radical (unpaired) electrons. The van der Waals surface area contributed by atoms with Crippen molar-refractivity contribution in [2.24, 2.45) is 0 Å². The molecule has 2 aromatic rings. The quantitative estimate of drug-likeness (QED) is 0.787. The number of rotatable bonds is 5. The van der Waals surface area contributed by atoms with Gasteiger partial charge in [0, 0.05) is 12.0 Å². The molecule has 0 unspecified atom stereocenters. The van der Waals surface area contributed by atoms with E-state index >= 15 is 0 Å². The Labute approximate surface area is 124 Å². The maximum atomic E-state index is 12.3. The molecule has 0 atom stereocenters. The van der Waals surface area contributed by atoms with Crippen molar-refractivity contribution in [1.29, 1.82) is 0 Å². The second-order valence-electron chi connectivity index (χ2n) is 5.25. The summed E-state index contributed by atoms with van der Waals surface area (Å²) in [6, 6.07) is 13.7. The average molecular weight is 282 g/mol. The number of carbonyl (C=O) groups excluding carboxylic acids is 1. The van der Waals surface area contributed by atoms with Crippen LogP contribution in [0.5, 0.6) is 5.75 Å². The zero-order valence-electron chi connectivity index (χ0n) is 12.1. The molecule has 0 aliphatic carbocycles. The minimum Gasteiger partial charge on any atom is -0.497 e. The molecular weight excluding hydrogens is 264 g/mol. The number of aryl methyl sites for hydroxylation is 1. The summed E-state index contributed by atoms with van der Waals surface area (Å²) in [6.07, 6.45) is 1.27. The third-order valence-electron chi connectivity index (χ3n) is 3.84. The topological polar surface area (TPSA) is 35.5 Å². The number of hydrogen-bond donors (Lipinski definition) is 0. The maximum absolute atomic E-state index is 12.3. The lowest BCUT2D eigenvalue weighted by Crippen LogP contribution is -2.02. The predicted molar refractivity (Wildman–Crippen MR) is 80.6 cm³/mol. The van der Waals surface area contributed by atoms with Crippen molar-refractivity contribution in [2.75, 3.05) is 7.11 Å². The van der Waals surface area contributed by atoms with E-state index in [1.54, 1.807) is 7.11 Å². The second-order valence-corrected chi connectivity index (χ2v) is 5.25. The van der Waals surface area contributed by atoms with Gasteiger partial charge in [-0.3, -0.25) is 4.79 Å². The highest BCUT2D eigenvalue weighted by atomic mass is 16.5. The van der Waals surface area contributed by atoms with E-state index < -0.39 is 0 Å². The van der Waals surface area contributed by atoms with Gasteiger partial charge in [0.25, 0.3) is 0 Å². The molecule has 0 fully saturated rings. The van der Waals surface area contributed by atoms with Crippen LogP contribution in [0.1, 0.15) is 33.5 Å². The van der Waals surface area contributed by atoms with Gasteiger partial charge >= 0.3 is 0 Å². The molecule has 0 bridgehead atoms. The van der Waals surface area contributed by atoms with E-state index in [4.69, 9.17) is 9.47 Å². The number of ketones is 1. The first-order valence-electron chi connectivity index (χ1n) is 7.12. The van der Waals surface area contributed by atoms with E-state index in [1.807, 2.05) is 42.5 Å². The van der Waals surface area contributed by atoms with Gasteiger partial charge in [-0.2, -0.15) is 0 Å². The van der Waals surface area contributed by atoms with E-state index in [2.05, 4.69) is 0 Å². The lowest BCUT2D eigenvalue weighted by molar-refractivity contribution is 0.0982. The van der Waals surface area contributed by atoms with Crippen molar-refractivity contribution >= 4 is 5.78 Å². The normalized spacial score (nSPS) is 13.0. The molecule has 2 aromatic carbocycles. The van der Waals surface area contributed by atoms with Crippen molar-refractivity contribution in [2.45, 2.75) is 26.1 Å². The van der Waals surface area contributed by atoms with Crippen LogP contribution in [-0.2, 0) is 24.4 Å². The molecule has 0 saturated heterocycles. The van der Waals surface area contributed by atoms with Crippen LogP contribution in [0.15, 0.2) is 42.5 Å². The van der Waals surface area contributed by atoms with Crippen LogP contribution in [0.3, 0.4) is 0 Å². The van der Waals surface area contributed by atoms with Crippen molar-refractivity contribution in [3.8, 4) is 5.75 Å². The number of methoxy groups -OCH3 is 1. The zero-order chi connectivity index (χ0) is 14.7. The molecule has 3 heteroatoms. The Hall–Kier alpha value is -2.13. The van der Waals surface area contributed by atoms with Gasteiger partial charge in [-0.1, -0.05) is 24.3 Å². The van der Waals surface area contributed by atoms with Gasteiger partial charge in [-0.05, 0) is 41.3 Å². The summed E-state index contributed by atoms with van der Waals surface area (Å²) < 4.78 is 10.5. The lowest BCUT2D eigenvalue weighted by Gasteiger charge is -2.05.